The molecule has 2 heterocycles. The summed E-state index contributed by atoms with van der Waals surface area (Å²) in [5.74, 6) is 0.718. The summed E-state index contributed by atoms with van der Waals surface area (Å²) in [4.78, 5) is 12.6. The number of nitrogens with one attached hydrogen (secondary N) is 1. The van der Waals surface area contributed by atoms with Crippen LogP contribution >= 0.6 is 11.6 Å². The standard InChI is InChI=1S/C15H13ClN4/c1-10-8-13(20-15(16)19-10)18-9-12-5-2-4-11-6-3-7-17-14(11)12/h2-8H,9H2,1H3,(H,18,19,20). The second-order valence-corrected chi connectivity index (χ2v) is 4.85. The van der Waals surface area contributed by atoms with Crippen molar-refractivity contribution < 1.29 is 0 Å². The third kappa shape index (κ3) is 2.70. The number of fused-ring (bicyclic) bond motifs is 1. The Hall–Kier alpha value is -2.20. The van der Waals surface area contributed by atoms with Crippen molar-refractivity contribution in [3.05, 3.63) is 59.1 Å². The average Bonchev–Trinajstić information content (AvgIpc) is 2.44. The summed E-state index contributed by atoms with van der Waals surface area (Å²) in [5.41, 5.74) is 2.96. The molecule has 0 unspecified atom stereocenters. The highest BCUT2D eigenvalue weighted by atomic mass is 35.5. The van der Waals surface area contributed by atoms with Crippen molar-refractivity contribution in [2.45, 2.75) is 13.5 Å². The average molecular weight is 285 g/mol. The Labute approximate surface area is 121 Å². The smallest absolute Gasteiger partial charge is 0.224 e. The van der Waals surface area contributed by atoms with Crippen LogP contribution in [0.1, 0.15) is 11.3 Å². The zero-order chi connectivity index (χ0) is 13.9. The van der Waals surface area contributed by atoms with Gasteiger partial charge in [0.2, 0.25) is 5.28 Å². The van der Waals surface area contributed by atoms with Crippen LogP contribution in [0, 0.1) is 6.92 Å². The third-order valence-corrected chi connectivity index (χ3v) is 3.17. The lowest BCUT2D eigenvalue weighted by Crippen LogP contribution is -2.03. The number of benzene rings is 1. The Kier molecular flexibility index (Phi) is 3.48. The van der Waals surface area contributed by atoms with Gasteiger partial charge in [0.15, 0.2) is 0 Å². The van der Waals surface area contributed by atoms with E-state index in [0.29, 0.717) is 6.54 Å². The van der Waals surface area contributed by atoms with E-state index < -0.39 is 0 Å². The lowest BCUT2D eigenvalue weighted by Gasteiger charge is -2.08. The largest absolute Gasteiger partial charge is 0.366 e. The summed E-state index contributed by atoms with van der Waals surface area (Å²) in [6.45, 7) is 2.53. The van der Waals surface area contributed by atoms with Crippen LogP contribution in [-0.2, 0) is 6.54 Å². The highest BCUT2D eigenvalue weighted by Gasteiger charge is 2.03. The molecule has 1 N–H and O–H groups in total. The van der Waals surface area contributed by atoms with Crippen LogP contribution in [0.3, 0.4) is 0 Å². The van der Waals surface area contributed by atoms with Crippen molar-refractivity contribution in [3.63, 3.8) is 0 Å². The molecule has 5 heteroatoms. The van der Waals surface area contributed by atoms with Gasteiger partial charge in [-0.05, 0) is 30.2 Å². The molecule has 0 aliphatic rings. The highest BCUT2D eigenvalue weighted by molar-refractivity contribution is 6.28. The van der Waals surface area contributed by atoms with Gasteiger partial charge >= 0.3 is 0 Å². The zero-order valence-electron chi connectivity index (χ0n) is 11.0. The summed E-state index contributed by atoms with van der Waals surface area (Å²) < 4.78 is 0. The lowest BCUT2D eigenvalue weighted by molar-refractivity contribution is 1.06. The number of hydrogen-bond donors (Lipinski definition) is 1. The van der Waals surface area contributed by atoms with Gasteiger partial charge in [0.1, 0.15) is 5.82 Å². The molecule has 0 bridgehead atoms. The van der Waals surface area contributed by atoms with E-state index in [9.17, 15) is 0 Å². The molecular formula is C15H13ClN4. The molecule has 0 spiro atoms. The van der Waals surface area contributed by atoms with Crippen LogP contribution in [0.5, 0.6) is 0 Å². The molecule has 1 aromatic carbocycles. The SMILES string of the molecule is Cc1cc(NCc2cccc3cccnc23)nc(Cl)n1. The molecule has 2 aromatic heterocycles. The third-order valence-electron chi connectivity index (χ3n) is 3.00. The van der Waals surface area contributed by atoms with Gasteiger partial charge in [0, 0.05) is 29.9 Å². The minimum atomic E-state index is 0.253. The molecule has 0 aliphatic carbocycles. The van der Waals surface area contributed by atoms with Gasteiger partial charge < -0.3 is 5.32 Å². The fourth-order valence-electron chi connectivity index (χ4n) is 2.12. The summed E-state index contributed by atoms with van der Waals surface area (Å²) >= 11 is 5.85. The van der Waals surface area contributed by atoms with E-state index in [1.807, 2.05) is 25.1 Å². The van der Waals surface area contributed by atoms with Crippen LogP contribution in [-0.4, -0.2) is 15.0 Å². The van der Waals surface area contributed by atoms with Crippen molar-refractivity contribution in [2.24, 2.45) is 0 Å². The maximum atomic E-state index is 5.85. The van der Waals surface area contributed by atoms with Gasteiger partial charge in [0.25, 0.3) is 0 Å². The highest BCUT2D eigenvalue weighted by Crippen LogP contribution is 2.17. The molecular weight excluding hydrogens is 272 g/mol. The maximum absolute atomic E-state index is 5.85. The Morgan fingerprint density at radius 2 is 2.00 bits per heavy atom. The van der Waals surface area contributed by atoms with Gasteiger partial charge in [-0.2, -0.15) is 0 Å². The van der Waals surface area contributed by atoms with Gasteiger partial charge in [-0.1, -0.05) is 24.3 Å². The molecule has 3 rings (SSSR count). The topological polar surface area (TPSA) is 50.7 Å². The summed E-state index contributed by atoms with van der Waals surface area (Å²) in [7, 11) is 0. The van der Waals surface area contributed by atoms with E-state index in [1.165, 1.54) is 0 Å². The number of rotatable bonds is 3. The predicted octanol–water partition coefficient (Wildman–Crippen LogP) is 3.60. The number of nitrogens with zero attached hydrogens (tertiary/aromatic N) is 3. The van der Waals surface area contributed by atoms with E-state index in [0.717, 1.165) is 28.0 Å². The van der Waals surface area contributed by atoms with E-state index in [-0.39, 0.29) is 5.28 Å². The van der Waals surface area contributed by atoms with Crippen LogP contribution < -0.4 is 5.32 Å². The first-order chi connectivity index (χ1) is 9.72. The number of hydrogen-bond acceptors (Lipinski definition) is 4. The molecule has 100 valence electrons. The fourth-order valence-corrected chi connectivity index (χ4v) is 2.34. The number of pyridine rings is 1. The normalized spacial score (nSPS) is 10.7. The minimum absolute atomic E-state index is 0.253. The number of aromatic nitrogens is 3. The second kappa shape index (κ2) is 5.43. The quantitative estimate of drug-likeness (QED) is 0.747. The first kappa shape index (κ1) is 12.8. The lowest BCUT2D eigenvalue weighted by atomic mass is 10.1. The minimum Gasteiger partial charge on any atom is -0.366 e. The zero-order valence-corrected chi connectivity index (χ0v) is 11.7. The molecule has 0 radical (unpaired) electrons. The van der Waals surface area contributed by atoms with Gasteiger partial charge in [-0.3, -0.25) is 4.98 Å². The Balaban J connectivity index is 1.87. The van der Waals surface area contributed by atoms with E-state index in [1.54, 1.807) is 6.20 Å². The summed E-state index contributed by atoms with van der Waals surface area (Å²) in [5, 5.41) is 4.64. The van der Waals surface area contributed by atoms with Crippen molar-refractivity contribution >= 4 is 28.3 Å². The van der Waals surface area contributed by atoms with Crippen LogP contribution in [0.25, 0.3) is 10.9 Å². The molecule has 0 saturated carbocycles. The first-order valence-corrected chi connectivity index (χ1v) is 6.68. The van der Waals surface area contributed by atoms with Crippen molar-refractivity contribution in [1.82, 2.24) is 15.0 Å². The van der Waals surface area contributed by atoms with E-state index in [2.05, 4.69) is 38.5 Å². The molecule has 0 saturated heterocycles. The van der Waals surface area contributed by atoms with Crippen molar-refractivity contribution in [3.8, 4) is 0 Å². The molecule has 0 fully saturated rings. The van der Waals surface area contributed by atoms with Gasteiger partial charge in [-0.25, -0.2) is 9.97 Å². The molecule has 4 nitrogen and oxygen atoms in total. The predicted molar refractivity (Wildman–Crippen MR) is 80.8 cm³/mol. The maximum Gasteiger partial charge on any atom is 0.224 e. The number of para-hydroxylation sites is 1. The van der Waals surface area contributed by atoms with Crippen LogP contribution in [0.4, 0.5) is 5.82 Å². The summed E-state index contributed by atoms with van der Waals surface area (Å²) in [6.07, 6.45) is 1.80. The molecule has 3 aromatic rings. The van der Waals surface area contributed by atoms with Crippen molar-refractivity contribution in [1.29, 1.82) is 0 Å². The van der Waals surface area contributed by atoms with E-state index in [4.69, 9.17) is 11.6 Å². The second-order valence-electron chi connectivity index (χ2n) is 4.51. The monoisotopic (exact) mass is 284 g/mol. The molecule has 0 amide bonds. The molecule has 0 atom stereocenters. The van der Waals surface area contributed by atoms with Gasteiger partial charge in [-0.15, -0.1) is 0 Å². The number of halogens is 1. The first-order valence-electron chi connectivity index (χ1n) is 6.30. The fraction of sp³-hybridized carbons (Fsp3) is 0.133. The number of anilines is 1. The van der Waals surface area contributed by atoms with E-state index >= 15 is 0 Å². The molecule has 0 aliphatic heterocycles. The van der Waals surface area contributed by atoms with Crippen LogP contribution in [0.15, 0.2) is 42.6 Å². The van der Waals surface area contributed by atoms with Crippen molar-refractivity contribution in [2.75, 3.05) is 5.32 Å². The van der Waals surface area contributed by atoms with Crippen LogP contribution in [0.2, 0.25) is 5.28 Å². The number of aryl methyl sites for hydroxylation is 1. The van der Waals surface area contributed by atoms with Gasteiger partial charge in [0.05, 0.1) is 5.52 Å². The Morgan fingerprint density at radius 3 is 2.85 bits per heavy atom. The summed E-state index contributed by atoms with van der Waals surface area (Å²) in [6, 6.07) is 12.0. The Bertz CT molecular complexity index is 732. The molecule has 20 heavy (non-hydrogen) atoms. The Morgan fingerprint density at radius 1 is 1.15 bits per heavy atom.